The molecule has 0 aromatic heterocycles. The summed E-state index contributed by atoms with van der Waals surface area (Å²) < 4.78 is 0. The molecule has 2 amide bonds. The molecule has 6 heteroatoms. The molecule has 1 aliphatic rings. The maximum Gasteiger partial charge on any atom is 0.257 e. The van der Waals surface area contributed by atoms with Crippen LogP contribution in [0.15, 0.2) is 4.99 Å². The second kappa shape index (κ2) is 6.65. The van der Waals surface area contributed by atoms with Crippen LogP contribution < -0.4 is 5.32 Å². The number of hydrogen-bond donors (Lipinski definition) is 1. The standard InChI is InChI=1S/C10H17N3O2S/c1-3-13(4-2)5-6-16-10-11-8(14)7-9(15)12-10/h3-7H2,1-2H3,(H,11,12,14,15). The lowest BCUT2D eigenvalue weighted by Crippen LogP contribution is -2.35. The number of amidine groups is 1. The average Bonchev–Trinajstić information content (AvgIpc) is 2.23. The van der Waals surface area contributed by atoms with Gasteiger partial charge in [0.25, 0.3) is 5.91 Å². The second-order valence-corrected chi connectivity index (χ2v) is 4.49. The van der Waals surface area contributed by atoms with Gasteiger partial charge in [-0.2, -0.15) is 4.99 Å². The van der Waals surface area contributed by atoms with Gasteiger partial charge in [-0.1, -0.05) is 25.6 Å². The highest BCUT2D eigenvalue weighted by atomic mass is 32.2. The maximum absolute atomic E-state index is 11.1. The Morgan fingerprint density at radius 2 is 2.06 bits per heavy atom. The van der Waals surface area contributed by atoms with Crippen molar-refractivity contribution in [2.75, 3.05) is 25.4 Å². The van der Waals surface area contributed by atoms with E-state index in [0.29, 0.717) is 5.17 Å². The minimum Gasteiger partial charge on any atom is -0.305 e. The summed E-state index contributed by atoms with van der Waals surface area (Å²) in [5.74, 6) is 0.216. The zero-order valence-corrected chi connectivity index (χ0v) is 10.5. The predicted octanol–water partition coefficient (Wildman–Crippen LogP) is 0.464. The quantitative estimate of drug-likeness (QED) is 0.713. The van der Waals surface area contributed by atoms with Crippen molar-refractivity contribution >= 4 is 28.7 Å². The van der Waals surface area contributed by atoms with Crippen molar-refractivity contribution in [1.29, 1.82) is 0 Å². The van der Waals surface area contributed by atoms with Gasteiger partial charge in [-0.3, -0.25) is 9.59 Å². The van der Waals surface area contributed by atoms with Crippen molar-refractivity contribution in [3.63, 3.8) is 0 Å². The fourth-order valence-corrected chi connectivity index (χ4v) is 2.26. The summed E-state index contributed by atoms with van der Waals surface area (Å²) in [5.41, 5.74) is 0. The van der Waals surface area contributed by atoms with E-state index in [1.54, 1.807) is 0 Å². The van der Waals surface area contributed by atoms with E-state index in [1.165, 1.54) is 11.8 Å². The summed E-state index contributed by atoms with van der Waals surface area (Å²) in [6.45, 7) is 7.17. The zero-order chi connectivity index (χ0) is 12.0. The maximum atomic E-state index is 11.1. The molecule has 0 aliphatic carbocycles. The van der Waals surface area contributed by atoms with Gasteiger partial charge in [0.1, 0.15) is 6.42 Å². The van der Waals surface area contributed by atoms with E-state index in [4.69, 9.17) is 0 Å². The largest absolute Gasteiger partial charge is 0.305 e. The number of carbonyl (C=O) groups excluding carboxylic acids is 2. The van der Waals surface area contributed by atoms with Crippen LogP contribution in [-0.2, 0) is 9.59 Å². The SMILES string of the molecule is CCN(CC)CCSC1=NC(=O)CC(=O)N1. The molecular formula is C10H17N3O2S. The van der Waals surface area contributed by atoms with Gasteiger partial charge in [-0.05, 0) is 13.1 Å². The van der Waals surface area contributed by atoms with E-state index in [-0.39, 0.29) is 18.2 Å². The number of nitrogens with zero attached hydrogens (tertiary/aromatic N) is 2. The van der Waals surface area contributed by atoms with Gasteiger partial charge >= 0.3 is 0 Å². The highest BCUT2D eigenvalue weighted by molar-refractivity contribution is 8.13. The van der Waals surface area contributed by atoms with Crippen molar-refractivity contribution in [1.82, 2.24) is 10.2 Å². The molecule has 0 saturated heterocycles. The molecule has 0 unspecified atom stereocenters. The van der Waals surface area contributed by atoms with Gasteiger partial charge in [-0.15, -0.1) is 0 Å². The molecule has 1 rings (SSSR count). The van der Waals surface area contributed by atoms with Crippen molar-refractivity contribution in [3.8, 4) is 0 Å². The predicted molar refractivity (Wildman–Crippen MR) is 65.4 cm³/mol. The number of nitrogens with one attached hydrogen (secondary N) is 1. The minimum absolute atomic E-state index is 0.125. The van der Waals surface area contributed by atoms with Gasteiger partial charge in [0, 0.05) is 12.3 Å². The van der Waals surface area contributed by atoms with Crippen LogP contribution in [-0.4, -0.2) is 47.3 Å². The number of hydrogen-bond acceptors (Lipinski definition) is 4. The molecule has 16 heavy (non-hydrogen) atoms. The average molecular weight is 243 g/mol. The molecule has 0 saturated carbocycles. The monoisotopic (exact) mass is 243 g/mol. The molecule has 0 aromatic rings. The van der Waals surface area contributed by atoms with Gasteiger partial charge in [-0.25, -0.2) is 0 Å². The van der Waals surface area contributed by atoms with Crippen LogP contribution in [0, 0.1) is 0 Å². The van der Waals surface area contributed by atoms with Crippen LogP contribution in [0.4, 0.5) is 0 Å². The summed E-state index contributed by atoms with van der Waals surface area (Å²) in [7, 11) is 0. The zero-order valence-electron chi connectivity index (χ0n) is 9.65. The van der Waals surface area contributed by atoms with E-state index < -0.39 is 0 Å². The Balaban J connectivity index is 2.32. The molecule has 0 fully saturated rings. The third-order valence-corrected chi connectivity index (χ3v) is 3.18. The second-order valence-electron chi connectivity index (χ2n) is 3.41. The van der Waals surface area contributed by atoms with Gasteiger partial charge in [0.15, 0.2) is 5.17 Å². The Labute approximate surface area is 99.7 Å². The van der Waals surface area contributed by atoms with Crippen LogP contribution in [0.1, 0.15) is 20.3 Å². The third kappa shape index (κ3) is 4.32. The Morgan fingerprint density at radius 3 is 2.62 bits per heavy atom. The Morgan fingerprint density at radius 1 is 1.38 bits per heavy atom. The molecule has 0 spiro atoms. The number of amides is 2. The lowest BCUT2D eigenvalue weighted by Gasteiger charge is -2.18. The summed E-state index contributed by atoms with van der Waals surface area (Å²) in [6.07, 6.45) is -0.125. The first-order chi connectivity index (χ1) is 7.65. The van der Waals surface area contributed by atoms with E-state index in [9.17, 15) is 9.59 Å². The normalized spacial score (nSPS) is 16.3. The van der Waals surface area contributed by atoms with Crippen molar-refractivity contribution < 1.29 is 9.59 Å². The molecule has 90 valence electrons. The molecule has 1 aliphatic heterocycles. The van der Waals surface area contributed by atoms with Crippen LogP contribution >= 0.6 is 11.8 Å². The Bertz CT molecular complexity index is 300. The van der Waals surface area contributed by atoms with Gasteiger partial charge in [0.2, 0.25) is 5.91 Å². The number of aliphatic imine (C=N–C) groups is 1. The highest BCUT2D eigenvalue weighted by Crippen LogP contribution is 2.07. The first kappa shape index (κ1) is 13.2. The number of carbonyl (C=O) groups is 2. The minimum atomic E-state index is -0.353. The smallest absolute Gasteiger partial charge is 0.257 e. The Hall–Kier alpha value is -0.880. The van der Waals surface area contributed by atoms with Crippen LogP contribution in [0.2, 0.25) is 0 Å². The van der Waals surface area contributed by atoms with Crippen molar-refractivity contribution in [2.24, 2.45) is 4.99 Å². The van der Waals surface area contributed by atoms with E-state index in [1.807, 2.05) is 0 Å². The molecule has 1 heterocycles. The molecule has 0 atom stereocenters. The topological polar surface area (TPSA) is 61.8 Å². The number of thioether (sulfide) groups is 1. The van der Waals surface area contributed by atoms with E-state index in [0.717, 1.165) is 25.4 Å². The first-order valence-corrected chi connectivity index (χ1v) is 6.40. The summed E-state index contributed by atoms with van der Waals surface area (Å²) >= 11 is 1.42. The summed E-state index contributed by atoms with van der Waals surface area (Å²) in [5, 5.41) is 3.03. The lowest BCUT2D eigenvalue weighted by atomic mass is 10.4. The Kier molecular flexibility index (Phi) is 5.48. The highest BCUT2D eigenvalue weighted by Gasteiger charge is 2.18. The molecule has 0 radical (unpaired) electrons. The lowest BCUT2D eigenvalue weighted by molar-refractivity contribution is -0.127. The number of rotatable bonds is 5. The van der Waals surface area contributed by atoms with Gasteiger partial charge in [0.05, 0.1) is 0 Å². The molecular weight excluding hydrogens is 226 g/mol. The fourth-order valence-electron chi connectivity index (χ4n) is 1.36. The molecule has 5 nitrogen and oxygen atoms in total. The summed E-state index contributed by atoms with van der Waals surface area (Å²) in [4.78, 5) is 28.1. The van der Waals surface area contributed by atoms with Crippen LogP contribution in [0.3, 0.4) is 0 Å². The van der Waals surface area contributed by atoms with E-state index >= 15 is 0 Å². The molecule has 0 aromatic carbocycles. The fraction of sp³-hybridized carbons (Fsp3) is 0.700. The van der Waals surface area contributed by atoms with Crippen LogP contribution in [0.5, 0.6) is 0 Å². The molecule has 1 N–H and O–H groups in total. The molecule has 0 bridgehead atoms. The van der Waals surface area contributed by atoms with Crippen molar-refractivity contribution in [2.45, 2.75) is 20.3 Å². The van der Waals surface area contributed by atoms with E-state index in [2.05, 4.69) is 29.1 Å². The first-order valence-electron chi connectivity index (χ1n) is 5.42. The van der Waals surface area contributed by atoms with Gasteiger partial charge < -0.3 is 10.2 Å². The third-order valence-electron chi connectivity index (χ3n) is 2.33. The van der Waals surface area contributed by atoms with Crippen LogP contribution in [0.25, 0.3) is 0 Å². The summed E-state index contributed by atoms with van der Waals surface area (Å²) in [6, 6.07) is 0. The van der Waals surface area contributed by atoms with Crippen molar-refractivity contribution in [3.05, 3.63) is 0 Å².